The lowest BCUT2D eigenvalue weighted by Gasteiger charge is -2.40. The summed E-state index contributed by atoms with van der Waals surface area (Å²) in [6, 6.07) is 10.3. The Morgan fingerprint density at radius 2 is 1.80 bits per heavy atom. The quantitative estimate of drug-likeness (QED) is 0.219. The molecule has 3 aliphatic rings. The van der Waals surface area contributed by atoms with E-state index in [1.54, 1.807) is 4.90 Å². The van der Waals surface area contributed by atoms with Gasteiger partial charge in [-0.3, -0.25) is 0 Å². The average Bonchev–Trinajstić information content (AvgIpc) is 3.49. The number of ether oxygens (including phenoxy) is 2. The minimum Gasteiger partial charge on any atom is -0.444 e. The molecule has 270 valence electrons. The number of rotatable bonds is 9. The minimum atomic E-state index is -1.17. The van der Waals surface area contributed by atoms with Gasteiger partial charge in [-0.25, -0.2) is 14.5 Å². The van der Waals surface area contributed by atoms with Crippen LogP contribution in [-0.2, 0) is 29.2 Å². The third-order valence-corrected chi connectivity index (χ3v) is 11.7. The number of piperazine rings is 1. The first-order valence-electron chi connectivity index (χ1n) is 18.2. The first-order chi connectivity index (χ1) is 23.8. The van der Waals surface area contributed by atoms with Crippen molar-refractivity contribution in [2.75, 3.05) is 74.6 Å². The number of likely N-dealkylation sites (tertiary alicyclic amines) is 1. The Hall–Kier alpha value is -3.86. The maximum atomic E-state index is 12.9. The number of nitriles is 1. The van der Waals surface area contributed by atoms with Crippen LogP contribution in [0, 0.1) is 11.3 Å². The Morgan fingerprint density at radius 3 is 2.48 bits per heavy atom. The Kier molecular flexibility index (Phi) is 10.6. The van der Waals surface area contributed by atoms with Crippen molar-refractivity contribution in [3.63, 3.8) is 0 Å². The molecule has 2 saturated heterocycles. The van der Waals surface area contributed by atoms with Gasteiger partial charge in [0.25, 0.3) is 0 Å². The van der Waals surface area contributed by atoms with Crippen LogP contribution in [0.15, 0.2) is 24.4 Å². The molecule has 50 heavy (non-hydrogen) atoms. The number of hydrogen-bond donors (Lipinski definition) is 1. The second kappa shape index (κ2) is 14.8. The number of hydrogen-bond acceptors (Lipinski definition) is 10. The molecule has 13 heteroatoms. The molecule has 0 spiro atoms. The van der Waals surface area contributed by atoms with E-state index in [4.69, 9.17) is 19.6 Å². The van der Waals surface area contributed by atoms with Gasteiger partial charge >= 0.3 is 6.09 Å². The second-order valence-corrected chi connectivity index (χ2v) is 21.9. The van der Waals surface area contributed by atoms with Crippen LogP contribution in [0.2, 0.25) is 25.7 Å². The van der Waals surface area contributed by atoms with Crippen molar-refractivity contribution in [2.45, 2.75) is 90.6 Å². The highest BCUT2D eigenvalue weighted by molar-refractivity contribution is 6.76. The number of pyridine rings is 1. The molecule has 5 heterocycles. The van der Waals surface area contributed by atoms with Gasteiger partial charge in [0.05, 0.1) is 29.6 Å². The zero-order chi connectivity index (χ0) is 35.6. The first-order valence-corrected chi connectivity index (χ1v) is 21.9. The van der Waals surface area contributed by atoms with E-state index in [0.29, 0.717) is 50.8 Å². The fourth-order valence-electron chi connectivity index (χ4n) is 7.10. The fourth-order valence-corrected chi connectivity index (χ4v) is 7.86. The number of benzene rings is 1. The lowest BCUT2D eigenvalue weighted by Crippen LogP contribution is -2.50. The van der Waals surface area contributed by atoms with E-state index in [-0.39, 0.29) is 12.1 Å². The summed E-state index contributed by atoms with van der Waals surface area (Å²) in [5.41, 5.74) is 5.35. The lowest BCUT2D eigenvalue weighted by molar-refractivity contribution is 0.0240. The Labute approximate surface area is 298 Å². The standard InChI is InChI=1S/C37H55N9O3Si/c1-37(2,3)49-36(47)44-19-17-43(18-20-44)34-28-13-16-45(25-31(28)41-35(29(34)23-38)40-27-11-14-42(4)15-12-27)32-9-8-10-33-30(32)24-39-46(33)26-48-21-22-50(5,6)7/h8-10,24,27H,11-22,25-26H2,1-7H3,(H,40,41). The summed E-state index contributed by atoms with van der Waals surface area (Å²) in [5, 5.41) is 20.2. The van der Waals surface area contributed by atoms with Gasteiger partial charge in [-0.2, -0.15) is 10.4 Å². The highest BCUT2D eigenvalue weighted by atomic mass is 28.3. The summed E-state index contributed by atoms with van der Waals surface area (Å²) >= 11 is 0. The number of fused-ring (bicyclic) bond motifs is 2. The molecule has 12 nitrogen and oxygen atoms in total. The van der Waals surface area contributed by atoms with Gasteiger partial charge in [0, 0.05) is 70.1 Å². The number of aromatic nitrogens is 3. The van der Waals surface area contributed by atoms with Crippen LogP contribution in [0.4, 0.5) is 22.0 Å². The maximum absolute atomic E-state index is 12.9. The summed E-state index contributed by atoms with van der Waals surface area (Å²) in [6.07, 6.45) is 4.44. The van der Waals surface area contributed by atoms with E-state index in [2.05, 4.69) is 71.0 Å². The number of piperidine rings is 1. The summed E-state index contributed by atoms with van der Waals surface area (Å²) in [7, 11) is 0.990. The molecule has 0 saturated carbocycles. The zero-order valence-electron chi connectivity index (χ0n) is 31.1. The number of nitrogens with zero attached hydrogens (tertiary/aromatic N) is 8. The molecular formula is C37H55N9O3Si. The number of carbonyl (C=O) groups excluding carboxylic acids is 1. The number of carbonyl (C=O) groups is 1. The SMILES string of the molecule is CN1CCC(Nc2nc3c(c(N4CCN(C(=O)OC(C)(C)C)CC4)c2C#N)CCN(c2cccc4c2cnn4COCC[Si](C)(C)C)C3)CC1. The molecule has 3 aromatic rings. The van der Waals surface area contributed by atoms with Gasteiger partial charge in [-0.15, -0.1) is 0 Å². The summed E-state index contributed by atoms with van der Waals surface area (Å²) in [6.45, 7) is 19.7. The van der Waals surface area contributed by atoms with Gasteiger partial charge in [-0.05, 0) is 78.3 Å². The predicted octanol–water partition coefficient (Wildman–Crippen LogP) is 5.74. The Balaban J connectivity index is 1.27. The van der Waals surface area contributed by atoms with Crippen LogP contribution in [0.5, 0.6) is 0 Å². The number of nitrogens with one attached hydrogen (secondary N) is 1. The van der Waals surface area contributed by atoms with Crippen molar-refractivity contribution in [1.29, 1.82) is 5.26 Å². The normalized spacial score (nSPS) is 17.9. The van der Waals surface area contributed by atoms with Gasteiger partial charge in [-0.1, -0.05) is 25.7 Å². The van der Waals surface area contributed by atoms with Gasteiger partial charge < -0.3 is 34.4 Å². The van der Waals surface area contributed by atoms with Crippen molar-refractivity contribution >= 4 is 42.3 Å². The van der Waals surface area contributed by atoms with E-state index in [0.717, 1.165) is 85.1 Å². The minimum absolute atomic E-state index is 0.257. The first kappa shape index (κ1) is 35.9. The van der Waals surface area contributed by atoms with Crippen LogP contribution in [0.25, 0.3) is 10.9 Å². The van der Waals surface area contributed by atoms with Crippen LogP contribution >= 0.6 is 0 Å². The molecule has 6 rings (SSSR count). The van der Waals surface area contributed by atoms with Gasteiger partial charge in [0.2, 0.25) is 0 Å². The van der Waals surface area contributed by atoms with Crippen molar-refractivity contribution in [3.05, 3.63) is 41.2 Å². The van der Waals surface area contributed by atoms with Crippen molar-refractivity contribution in [3.8, 4) is 6.07 Å². The van der Waals surface area contributed by atoms with Crippen LogP contribution in [-0.4, -0.2) is 110 Å². The van der Waals surface area contributed by atoms with E-state index in [1.807, 2.05) is 31.6 Å². The molecular weight excluding hydrogens is 647 g/mol. The van der Waals surface area contributed by atoms with E-state index < -0.39 is 13.7 Å². The zero-order valence-corrected chi connectivity index (χ0v) is 32.1. The second-order valence-electron chi connectivity index (χ2n) is 16.3. The van der Waals surface area contributed by atoms with Crippen LogP contribution < -0.4 is 15.1 Å². The summed E-state index contributed by atoms with van der Waals surface area (Å²) in [4.78, 5) is 26.9. The van der Waals surface area contributed by atoms with Gasteiger partial charge in [0.1, 0.15) is 29.8 Å². The van der Waals surface area contributed by atoms with Crippen LogP contribution in [0.1, 0.15) is 50.4 Å². The largest absolute Gasteiger partial charge is 0.444 e. The topological polar surface area (TPSA) is 115 Å². The predicted molar refractivity (Wildman–Crippen MR) is 202 cm³/mol. The third-order valence-electron chi connectivity index (χ3n) is 9.96. The van der Waals surface area contributed by atoms with Crippen molar-refractivity contribution in [2.24, 2.45) is 0 Å². The molecule has 2 fully saturated rings. The van der Waals surface area contributed by atoms with Crippen LogP contribution in [0.3, 0.4) is 0 Å². The molecule has 0 radical (unpaired) electrons. The van der Waals surface area contributed by atoms with Crippen molar-refractivity contribution < 1.29 is 14.3 Å². The molecule has 0 atom stereocenters. The van der Waals surface area contributed by atoms with E-state index in [1.165, 1.54) is 0 Å². The van der Waals surface area contributed by atoms with Crippen molar-refractivity contribution in [1.82, 2.24) is 24.6 Å². The monoisotopic (exact) mass is 701 g/mol. The fraction of sp³-hybridized carbons (Fsp3) is 0.622. The summed E-state index contributed by atoms with van der Waals surface area (Å²) < 4.78 is 13.7. The maximum Gasteiger partial charge on any atom is 0.410 e. The Bertz CT molecular complexity index is 1710. The highest BCUT2D eigenvalue weighted by Crippen LogP contribution is 2.39. The van der Waals surface area contributed by atoms with E-state index >= 15 is 0 Å². The lowest BCUT2D eigenvalue weighted by atomic mass is 9.96. The average molecular weight is 702 g/mol. The molecule has 0 unspecified atom stereocenters. The molecule has 3 aliphatic heterocycles. The smallest absolute Gasteiger partial charge is 0.410 e. The molecule has 0 bridgehead atoms. The summed E-state index contributed by atoms with van der Waals surface area (Å²) in [5.74, 6) is 0.675. The number of anilines is 3. The van der Waals surface area contributed by atoms with Gasteiger partial charge in [0.15, 0.2) is 0 Å². The highest BCUT2D eigenvalue weighted by Gasteiger charge is 2.33. The molecule has 1 amide bonds. The molecule has 1 aromatic carbocycles. The molecule has 0 aliphatic carbocycles. The molecule has 1 N–H and O–H groups in total. The molecule has 2 aromatic heterocycles. The Morgan fingerprint density at radius 1 is 1.06 bits per heavy atom. The van der Waals surface area contributed by atoms with E-state index in [9.17, 15) is 10.1 Å². The number of amides is 1. The third kappa shape index (κ3) is 8.36.